The molecule has 104 valence electrons. The van der Waals surface area contributed by atoms with Crippen molar-refractivity contribution in [3.63, 3.8) is 0 Å². The number of amides is 1. The monoisotopic (exact) mass is 297 g/mol. The number of halogens is 1. The van der Waals surface area contributed by atoms with Crippen LogP contribution in [0.3, 0.4) is 0 Å². The van der Waals surface area contributed by atoms with Gasteiger partial charge in [0.05, 0.1) is 5.75 Å². The fourth-order valence-electron chi connectivity index (χ4n) is 1.97. The minimum Gasteiger partial charge on any atom is -0.342 e. The lowest BCUT2D eigenvalue weighted by Crippen LogP contribution is -2.34. The predicted octanol–water partition coefficient (Wildman–Crippen LogP) is 4.08. The third kappa shape index (κ3) is 5.07. The first-order valence-corrected chi connectivity index (χ1v) is 8.21. The summed E-state index contributed by atoms with van der Waals surface area (Å²) in [6.07, 6.45) is 3.61. The van der Waals surface area contributed by atoms with E-state index in [9.17, 15) is 4.79 Å². The molecule has 2 rings (SSSR count). The van der Waals surface area contributed by atoms with Crippen molar-refractivity contribution >= 4 is 29.3 Å². The van der Waals surface area contributed by atoms with Crippen LogP contribution >= 0.6 is 23.4 Å². The molecule has 0 atom stereocenters. The highest BCUT2D eigenvalue weighted by Crippen LogP contribution is 2.30. The molecule has 19 heavy (non-hydrogen) atoms. The summed E-state index contributed by atoms with van der Waals surface area (Å²) in [4.78, 5) is 15.3. The average molecular weight is 298 g/mol. The second-order valence-corrected chi connectivity index (χ2v) is 6.51. The van der Waals surface area contributed by atoms with Gasteiger partial charge >= 0.3 is 0 Å². The van der Waals surface area contributed by atoms with Gasteiger partial charge in [0, 0.05) is 23.0 Å². The first kappa shape index (κ1) is 14.7. The molecule has 1 aromatic carbocycles. The number of hydrogen-bond acceptors (Lipinski definition) is 2. The van der Waals surface area contributed by atoms with Gasteiger partial charge in [-0.2, -0.15) is 0 Å². The largest absolute Gasteiger partial charge is 0.342 e. The van der Waals surface area contributed by atoms with E-state index in [0.29, 0.717) is 5.75 Å². The number of hydrogen-bond donors (Lipinski definition) is 0. The maximum atomic E-state index is 12.2. The molecule has 0 saturated heterocycles. The van der Waals surface area contributed by atoms with Crippen molar-refractivity contribution in [3.8, 4) is 0 Å². The zero-order valence-electron chi connectivity index (χ0n) is 11.3. The van der Waals surface area contributed by atoms with Gasteiger partial charge in [-0.05, 0) is 49.4 Å². The summed E-state index contributed by atoms with van der Waals surface area (Å²) in [6, 6.07) is 7.65. The minimum absolute atomic E-state index is 0.258. The third-order valence-electron chi connectivity index (χ3n) is 3.20. The van der Waals surface area contributed by atoms with Crippen LogP contribution in [0.4, 0.5) is 0 Å². The van der Waals surface area contributed by atoms with Gasteiger partial charge in [0.25, 0.3) is 0 Å². The topological polar surface area (TPSA) is 20.3 Å². The first-order valence-electron chi connectivity index (χ1n) is 6.85. The Morgan fingerprint density at radius 2 is 2.05 bits per heavy atom. The van der Waals surface area contributed by atoms with E-state index < -0.39 is 0 Å². The van der Waals surface area contributed by atoms with Crippen molar-refractivity contribution in [1.29, 1.82) is 0 Å². The van der Waals surface area contributed by atoms with Gasteiger partial charge in [0.2, 0.25) is 5.91 Å². The second kappa shape index (κ2) is 7.20. The molecule has 0 N–H and O–H groups in total. The van der Waals surface area contributed by atoms with Crippen molar-refractivity contribution < 1.29 is 4.79 Å². The molecule has 1 saturated carbocycles. The van der Waals surface area contributed by atoms with E-state index in [1.807, 2.05) is 29.2 Å². The van der Waals surface area contributed by atoms with E-state index >= 15 is 0 Å². The number of nitrogens with zero attached hydrogens (tertiary/aromatic N) is 1. The summed E-state index contributed by atoms with van der Waals surface area (Å²) in [6.45, 7) is 3.96. The molecule has 1 aromatic rings. The van der Waals surface area contributed by atoms with Crippen LogP contribution in [0.2, 0.25) is 5.02 Å². The van der Waals surface area contributed by atoms with Crippen LogP contribution in [0.15, 0.2) is 29.2 Å². The lowest BCUT2D eigenvalue weighted by atomic mass is 10.3. The van der Waals surface area contributed by atoms with Gasteiger partial charge in [0.1, 0.15) is 0 Å². The van der Waals surface area contributed by atoms with Gasteiger partial charge in [-0.3, -0.25) is 4.79 Å². The van der Waals surface area contributed by atoms with Crippen molar-refractivity contribution in [2.75, 3.05) is 18.8 Å². The van der Waals surface area contributed by atoms with E-state index in [2.05, 4.69) is 6.92 Å². The first-order chi connectivity index (χ1) is 9.19. The minimum atomic E-state index is 0.258. The summed E-state index contributed by atoms with van der Waals surface area (Å²) >= 11 is 7.43. The van der Waals surface area contributed by atoms with Crippen LogP contribution in [-0.2, 0) is 4.79 Å². The summed E-state index contributed by atoms with van der Waals surface area (Å²) in [7, 11) is 0. The third-order valence-corrected chi connectivity index (χ3v) is 4.45. The highest BCUT2D eigenvalue weighted by atomic mass is 35.5. The molecule has 1 aliphatic carbocycles. The number of carbonyl (C=O) groups excluding carboxylic acids is 1. The molecule has 0 bridgehead atoms. The molecule has 0 aliphatic heterocycles. The maximum absolute atomic E-state index is 12.2. The molecule has 2 nitrogen and oxygen atoms in total. The normalized spacial score (nSPS) is 14.4. The lowest BCUT2D eigenvalue weighted by molar-refractivity contribution is -0.128. The molecule has 4 heteroatoms. The molecule has 0 spiro atoms. The Labute approximate surface area is 124 Å². The van der Waals surface area contributed by atoms with Crippen molar-refractivity contribution in [2.24, 2.45) is 5.92 Å². The number of rotatable bonds is 7. The van der Waals surface area contributed by atoms with Gasteiger partial charge in [0.15, 0.2) is 0 Å². The molecule has 0 heterocycles. The highest BCUT2D eigenvalue weighted by molar-refractivity contribution is 8.00. The van der Waals surface area contributed by atoms with Gasteiger partial charge < -0.3 is 4.90 Å². The van der Waals surface area contributed by atoms with Gasteiger partial charge in [-0.1, -0.05) is 18.5 Å². The summed E-state index contributed by atoms with van der Waals surface area (Å²) in [5.41, 5.74) is 0. The average Bonchev–Trinajstić information content (AvgIpc) is 3.21. The van der Waals surface area contributed by atoms with Crippen molar-refractivity contribution in [2.45, 2.75) is 31.1 Å². The van der Waals surface area contributed by atoms with E-state index in [-0.39, 0.29) is 5.91 Å². The van der Waals surface area contributed by atoms with Gasteiger partial charge in [-0.15, -0.1) is 11.8 Å². The van der Waals surface area contributed by atoms with Crippen LogP contribution in [0, 0.1) is 5.92 Å². The molecule has 1 aliphatic rings. The Bertz CT molecular complexity index is 417. The van der Waals surface area contributed by atoms with Gasteiger partial charge in [-0.25, -0.2) is 0 Å². The van der Waals surface area contributed by atoms with E-state index in [0.717, 1.165) is 35.3 Å². The quantitative estimate of drug-likeness (QED) is 0.707. The standard InChI is InChI=1S/C15H20ClNOS/c1-2-9-17(10-12-3-4-12)15(18)11-19-14-7-5-13(16)6-8-14/h5-8,12H,2-4,9-11H2,1H3. The molecular weight excluding hydrogens is 278 g/mol. The molecule has 0 aromatic heterocycles. The fourth-order valence-corrected chi connectivity index (χ4v) is 2.89. The van der Waals surface area contributed by atoms with Crippen LogP contribution in [0.25, 0.3) is 0 Å². The Hall–Kier alpha value is -0.670. The van der Waals surface area contributed by atoms with E-state index in [1.54, 1.807) is 11.8 Å². The van der Waals surface area contributed by atoms with E-state index in [4.69, 9.17) is 11.6 Å². The number of benzene rings is 1. The Kier molecular flexibility index (Phi) is 5.59. The van der Waals surface area contributed by atoms with Crippen LogP contribution in [0.5, 0.6) is 0 Å². The smallest absolute Gasteiger partial charge is 0.232 e. The number of carbonyl (C=O) groups is 1. The summed E-state index contributed by atoms with van der Waals surface area (Å²) in [5.74, 6) is 1.54. The van der Waals surface area contributed by atoms with Crippen LogP contribution in [-0.4, -0.2) is 29.6 Å². The molecular formula is C15H20ClNOS. The zero-order chi connectivity index (χ0) is 13.7. The molecule has 0 radical (unpaired) electrons. The predicted molar refractivity (Wildman–Crippen MR) is 81.8 cm³/mol. The maximum Gasteiger partial charge on any atom is 0.232 e. The second-order valence-electron chi connectivity index (χ2n) is 5.03. The summed E-state index contributed by atoms with van der Waals surface area (Å²) in [5, 5.41) is 0.733. The van der Waals surface area contributed by atoms with Crippen LogP contribution in [0.1, 0.15) is 26.2 Å². The van der Waals surface area contributed by atoms with Crippen molar-refractivity contribution in [3.05, 3.63) is 29.3 Å². The Morgan fingerprint density at radius 1 is 1.37 bits per heavy atom. The SMILES string of the molecule is CCCN(CC1CC1)C(=O)CSc1ccc(Cl)cc1. The van der Waals surface area contributed by atoms with Crippen molar-refractivity contribution in [1.82, 2.24) is 4.90 Å². The van der Waals surface area contributed by atoms with E-state index in [1.165, 1.54) is 12.8 Å². The number of thioether (sulfide) groups is 1. The molecule has 0 unspecified atom stereocenters. The summed E-state index contributed by atoms with van der Waals surface area (Å²) < 4.78 is 0. The Balaban J connectivity index is 1.82. The lowest BCUT2D eigenvalue weighted by Gasteiger charge is -2.21. The molecule has 1 amide bonds. The Morgan fingerprint density at radius 3 is 2.63 bits per heavy atom. The zero-order valence-corrected chi connectivity index (χ0v) is 12.8. The fraction of sp³-hybridized carbons (Fsp3) is 0.533. The highest BCUT2D eigenvalue weighted by Gasteiger charge is 2.26. The van der Waals surface area contributed by atoms with Crippen LogP contribution < -0.4 is 0 Å². The molecule has 1 fully saturated rings.